The van der Waals surface area contributed by atoms with Crippen LogP contribution in [0.2, 0.25) is 0 Å². The van der Waals surface area contributed by atoms with Crippen LogP contribution in [0.5, 0.6) is 0 Å². The van der Waals surface area contributed by atoms with E-state index in [4.69, 9.17) is 0 Å². The second-order valence-corrected chi connectivity index (χ2v) is 3.80. The SMILES string of the molecule is COC(=O)c1c(C(F)(F)F)cc(C(F)F)nc1Br. The zero-order valence-electron chi connectivity index (χ0n) is 8.69. The molecule has 1 heterocycles. The Balaban J connectivity index is 3.55. The van der Waals surface area contributed by atoms with E-state index in [1.807, 2.05) is 0 Å². The lowest BCUT2D eigenvalue weighted by molar-refractivity contribution is -0.138. The molecule has 0 unspecified atom stereocenters. The fourth-order valence-electron chi connectivity index (χ4n) is 1.16. The molecule has 0 aliphatic heterocycles. The standard InChI is InChI=1S/C9H5BrF5NO2/c1-18-8(17)5-3(9(13,14)15)2-4(7(11)12)16-6(5)10/h2,7H,1H3. The summed E-state index contributed by atoms with van der Waals surface area (Å²) in [5, 5.41) is 0. The largest absolute Gasteiger partial charge is 0.465 e. The normalized spacial score (nSPS) is 11.8. The minimum absolute atomic E-state index is 0.127. The van der Waals surface area contributed by atoms with E-state index < -0.39 is 40.0 Å². The summed E-state index contributed by atoms with van der Waals surface area (Å²) in [7, 11) is 0.871. The van der Waals surface area contributed by atoms with Crippen LogP contribution in [0.15, 0.2) is 10.7 Å². The van der Waals surface area contributed by atoms with Crippen LogP contribution in [-0.4, -0.2) is 18.1 Å². The van der Waals surface area contributed by atoms with Crippen LogP contribution >= 0.6 is 15.9 Å². The molecule has 1 aromatic heterocycles. The highest BCUT2D eigenvalue weighted by Gasteiger charge is 2.38. The lowest BCUT2D eigenvalue weighted by Crippen LogP contribution is -2.17. The van der Waals surface area contributed by atoms with Crippen molar-refractivity contribution in [3.63, 3.8) is 0 Å². The molecule has 0 radical (unpaired) electrons. The molecule has 0 aromatic carbocycles. The topological polar surface area (TPSA) is 39.2 Å². The summed E-state index contributed by atoms with van der Waals surface area (Å²) in [4.78, 5) is 14.4. The van der Waals surface area contributed by atoms with Crippen molar-refractivity contribution in [1.29, 1.82) is 0 Å². The molecule has 1 rings (SSSR count). The van der Waals surface area contributed by atoms with Crippen molar-refractivity contribution in [3.8, 4) is 0 Å². The van der Waals surface area contributed by atoms with Crippen LogP contribution in [0.25, 0.3) is 0 Å². The Labute approximate surface area is 106 Å². The molecule has 0 saturated heterocycles. The van der Waals surface area contributed by atoms with E-state index in [0.717, 1.165) is 7.11 Å². The first-order chi connectivity index (χ1) is 8.18. The second-order valence-electron chi connectivity index (χ2n) is 3.05. The number of aromatic nitrogens is 1. The Morgan fingerprint density at radius 3 is 2.39 bits per heavy atom. The van der Waals surface area contributed by atoms with Crippen LogP contribution in [-0.2, 0) is 10.9 Å². The van der Waals surface area contributed by atoms with Gasteiger partial charge in [-0.15, -0.1) is 0 Å². The Morgan fingerprint density at radius 2 is 2.00 bits per heavy atom. The van der Waals surface area contributed by atoms with Crippen molar-refractivity contribution in [2.45, 2.75) is 12.6 Å². The minimum Gasteiger partial charge on any atom is -0.465 e. The highest BCUT2D eigenvalue weighted by atomic mass is 79.9. The number of esters is 1. The highest BCUT2D eigenvalue weighted by molar-refractivity contribution is 9.10. The number of nitrogens with zero attached hydrogens (tertiary/aromatic N) is 1. The maximum absolute atomic E-state index is 12.7. The summed E-state index contributed by atoms with van der Waals surface area (Å²) in [5.41, 5.74) is -3.54. The van der Waals surface area contributed by atoms with Gasteiger partial charge in [-0.2, -0.15) is 13.2 Å². The predicted octanol–water partition coefficient (Wildman–Crippen LogP) is 3.59. The third-order valence-electron chi connectivity index (χ3n) is 1.91. The Hall–Kier alpha value is -1.25. The Bertz CT molecular complexity index is 475. The molecule has 0 aliphatic carbocycles. The number of hydrogen-bond acceptors (Lipinski definition) is 3. The number of halogens is 6. The summed E-state index contributed by atoms with van der Waals surface area (Å²) < 4.78 is 66.2. The van der Waals surface area contributed by atoms with Crippen LogP contribution in [0.3, 0.4) is 0 Å². The third-order valence-corrected chi connectivity index (χ3v) is 2.49. The van der Waals surface area contributed by atoms with Crippen LogP contribution < -0.4 is 0 Å². The first-order valence-electron chi connectivity index (χ1n) is 4.32. The third kappa shape index (κ3) is 2.95. The van der Waals surface area contributed by atoms with E-state index in [0.29, 0.717) is 0 Å². The molecule has 0 bridgehead atoms. The first kappa shape index (κ1) is 14.8. The monoisotopic (exact) mass is 333 g/mol. The van der Waals surface area contributed by atoms with E-state index in [9.17, 15) is 26.7 Å². The molecule has 0 fully saturated rings. The van der Waals surface area contributed by atoms with Crippen molar-refractivity contribution in [3.05, 3.63) is 27.5 Å². The smallest absolute Gasteiger partial charge is 0.417 e. The number of methoxy groups -OCH3 is 1. The van der Waals surface area contributed by atoms with Crippen LogP contribution in [0.1, 0.15) is 28.0 Å². The lowest BCUT2D eigenvalue weighted by Gasteiger charge is -2.14. The van der Waals surface area contributed by atoms with Gasteiger partial charge >= 0.3 is 12.1 Å². The second kappa shape index (κ2) is 5.17. The summed E-state index contributed by atoms with van der Waals surface area (Å²) >= 11 is 2.55. The van der Waals surface area contributed by atoms with Crippen molar-refractivity contribution < 1.29 is 31.5 Å². The van der Waals surface area contributed by atoms with Gasteiger partial charge in [-0.25, -0.2) is 18.6 Å². The fourth-order valence-corrected chi connectivity index (χ4v) is 1.74. The molecular formula is C9H5BrF5NO2. The number of rotatable bonds is 2. The Morgan fingerprint density at radius 1 is 1.44 bits per heavy atom. The van der Waals surface area contributed by atoms with Crippen LogP contribution in [0.4, 0.5) is 22.0 Å². The zero-order chi connectivity index (χ0) is 14.1. The molecule has 0 saturated carbocycles. The highest BCUT2D eigenvalue weighted by Crippen LogP contribution is 2.36. The number of hydrogen-bond donors (Lipinski definition) is 0. The first-order valence-corrected chi connectivity index (χ1v) is 5.12. The van der Waals surface area contributed by atoms with Gasteiger partial charge in [-0.05, 0) is 22.0 Å². The molecule has 0 spiro atoms. The molecule has 0 amide bonds. The van der Waals surface area contributed by atoms with Gasteiger partial charge in [-0.3, -0.25) is 0 Å². The van der Waals surface area contributed by atoms with Gasteiger partial charge in [0.1, 0.15) is 15.9 Å². The molecule has 0 atom stereocenters. The minimum atomic E-state index is -4.97. The maximum Gasteiger partial charge on any atom is 0.417 e. The molecule has 18 heavy (non-hydrogen) atoms. The van der Waals surface area contributed by atoms with Gasteiger partial charge in [0.2, 0.25) is 0 Å². The molecule has 1 aromatic rings. The summed E-state index contributed by atoms with van der Waals surface area (Å²) in [6.07, 6.45) is -8.16. The van der Waals surface area contributed by atoms with E-state index in [1.54, 1.807) is 0 Å². The molecule has 0 N–H and O–H groups in total. The zero-order valence-corrected chi connectivity index (χ0v) is 10.3. The molecule has 0 aliphatic rings. The summed E-state index contributed by atoms with van der Waals surface area (Å²) in [6, 6.07) is 0.127. The van der Waals surface area contributed by atoms with Gasteiger partial charge in [0, 0.05) is 0 Å². The number of ether oxygens (including phenoxy) is 1. The number of pyridine rings is 1. The average molecular weight is 334 g/mol. The van der Waals surface area contributed by atoms with Gasteiger partial charge < -0.3 is 4.74 Å². The molecular weight excluding hydrogens is 329 g/mol. The average Bonchev–Trinajstić information content (AvgIpc) is 2.25. The van der Waals surface area contributed by atoms with Gasteiger partial charge in [0.25, 0.3) is 6.43 Å². The number of carbonyl (C=O) groups excluding carboxylic acids is 1. The van der Waals surface area contributed by atoms with Crippen molar-refractivity contribution in [2.75, 3.05) is 7.11 Å². The van der Waals surface area contributed by atoms with Crippen molar-refractivity contribution >= 4 is 21.9 Å². The van der Waals surface area contributed by atoms with Crippen molar-refractivity contribution in [2.24, 2.45) is 0 Å². The van der Waals surface area contributed by atoms with Gasteiger partial charge in [0.05, 0.1) is 12.7 Å². The lowest BCUT2D eigenvalue weighted by atomic mass is 10.1. The summed E-state index contributed by atoms with van der Waals surface area (Å²) in [5.74, 6) is -1.32. The summed E-state index contributed by atoms with van der Waals surface area (Å²) in [6.45, 7) is 0. The van der Waals surface area contributed by atoms with Gasteiger partial charge in [-0.1, -0.05) is 0 Å². The van der Waals surface area contributed by atoms with Gasteiger partial charge in [0.15, 0.2) is 0 Å². The Kier molecular flexibility index (Phi) is 4.25. The number of alkyl halides is 5. The van der Waals surface area contributed by atoms with Crippen LogP contribution in [0, 0.1) is 0 Å². The maximum atomic E-state index is 12.7. The van der Waals surface area contributed by atoms with E-state index in [1.165, 1.54) is 0 Å². The quantitative estimate of drug-likeness (QED) is 0.471. The fraction of sp³-hybridized carbons (Fsp3) is 0.333. The van der Waals surface area contributed by atoms with E-state index in [-0.39, 0.29) is 6.07 Å². The van der Waals surface area contributed by atoms with Crippen molar-refractivity contribution in [1.82, 2.24) is 4.98 Å². The predicted molar refractivity (Wildman–Crippen MR) is 53.2 cm³/mol. The molecule has 3 nitrogen and oxygen atoms in total. The molecule has 9 heteroatoms. The number of carbonyl (C=O) groups is 1. The van der Waals surface area contributed by atoms with E-state index in [2.05, 4.69) is 25.7 Å². The van der Waals surface area contributed by atoms with E-state index >= 15 is 0 Å². The molecule has 100 valence electrons.